The third-order valence-corrected chi connectivity index (χ3v) is 3.40. The molecule has 0 amide bonds. The Balaban J connectivity index is 3.99. The molecule has 0 saturated heterocycles. The molecule has 0 spiro atoms. The number of hydrogen-bond donors (Lipinski definition) is 1. The summed E-state index contributed by atoms with van der Waals surface area (Å²) in [5.41, 5.74) is 0. The minimum absolute atomic E-state index is 0.345. The van der Waals surface area contributed by atoms with Gasteiger partial charge in [-0.2, -0.15) is 10.5 Å². The molecule has 0 fully saturated rings. The van der Waals surface area contributed by atoms with Crippen LogP contribution < -0.4 is 0 Å². The Morgan fingerprint density at radius 3 is 2.14 bits per heavy atom. The zero-order valence-corrected chi connectivity index (χ0v) is 13.4. The Labute approximate surface area is 129 Å². The van der Waals surface area contributed by atoms with Gasteiger partial charge in [-0.3, -0.25) is 0 Å². The van der Waals surface area contributed by atoms with E-state index < -0.39 is 6.10 Å². The third-order valence-electron chi connectivity index (χ3n) is 3.40. The van der Waals surface area contributed by atoms with E-state index in [0.29, 0.717) is 38.5 Å². The summed E-state index contributed by atoms with van der Waals surface area (Å²) in [4.78, 5) is 2.12. The highest BCUT2D eigenvalue weighted by atomic mass is 16.5. The van der Waals surface area contributed by atoms with Crippen LogP contribution in [0.4, 0.5) is 0 Å². The average molecular weight is 295 g/mol. The highest BCUT2D eigenvalue weighted by molar-refractivity contribution is 4.74. The highest BCUT2D eigenvalue weighted by Gasteiger charge is 2.12. The van der Waals surface area contributed by atoms with E-state index in [1.54, 1.807) is 0 Å². The number of nitriles is 2. The van der Waals surface area contributed by atoms with Gasteiger partial charge in [-0.05, 0) is 31.8 Å². The maximum atomic E-state index is 10.0. The number of unbranched alkanes of at least 4 members (excludes halogenated alkanes) is 2. The van der Waals surface area contributed by atoms with Crippen LogP contribution in [0.2, 0.25) is 0 Å². The largest absolute Gasteiger partial charge is 0.389 e. The minimum Gasteiger partial charge on any atom is -0.389 e. The average Bonchev–Trinajstić information content (AvgIpc) is 2.47. The molecule has 0 saturated carbocycles. The van der Waals surface area contributed by atoms with Crippen molar-refractivity contribution in [1.29, 1.82) is 10.5 Å². The monoisotopic (exact) mass is 295 g/mol. The lowest BCUT2D eigenvalue weighted by Gasteiger charge is -2.24. The predicted octanol–water partition coefficient (Wildman–Crippen LogP) is 2.32. The molecule has 0 radical (unpaired) electrons. The Hall–Kier alpha value is -1.14. The van der Waals surface area contributed by atoms with Gasteiger partial charge in [-0.15, -0.1) is 0 Å². The highest BCUT2D eigenvalue weighted by Crippen LogP contribution is 2.04. The Bertz CT molecular complexity index is 302. The lowest BCUT2D eigenvalue weighted by atomic mass is 10.1. The molecule has 0 rings (SSSR count). The van der Waals surface area contributed by atoms with Crippen LogP contribution in [-0.4, -0.2) is 49.0 Å². The summed E-state index contributed by atoms with van der Waals surface area (Å²) in [6, 6.07) is 4.26. The first-order valence-electron chi connectivity index (χ1n) is 7.86. The second-order valence-electron chi connectivity index (χ2n) is 5.53. The van der Waals surface area contributed by atoms with Crippen molar-refractivity contribution >= 4 is 0 Å². The number of aliphatic hydroxyl groups excluding tert-OH is 1. The predicted molar refractivity (Wildman–Crippen MR) is 82.4 cm³/mol. The number of ether oxygens (including phenoxy) is 1. The van der Waals surface area contributed by atoms with Gasteiger partial charge in [0.25, 0.3) is 0 Å². The first kappa shape index (κ1) is 19.9. The van der Waals surface area contributed by atoms with Crippen molar-refractivity contribution in [3.63, 3.8) is 0 Å². The van der Waals surface area contributed by atoms with Crippen molar-refractivity contribution < 1.29 is 9.84 Å². The molecule has 0 bridgehead atoms. The minimum atomic E-state index is -0.516. The van der Waals surface area contributed by atoms with Crippen LogP contribution in [0.25, 0.3) is 0 Å². The number of nitrogens with zero attached hydrogens (tertiary/aromatic N) is 3. The molecule has 5 nitrogen and oxygen atoms in total. The van der Waals surface area contributed by atoms with Crippen molar-refractivity contribution in [1.82, 2.24) is 4.90 Å². The van der Waals surface area contributed by atoms with Gasteiger partial charge in [-0.1, -0.05) is 20.3 Å². The zero-order chi connectivity index (χ0) is 15.9. The van der Waals surface area contributed by atoms with Crippen molar-refractivity contribution in [3.05, 3.63) is 0 Å². The van der Waals surface area contributed by atoms with Crippen LogP contribution >= 0.6 is 0 Å². The van der Waals surface area contributed by atoms with Gasteiger partial charge in [0.2, 0.25) is 0 Å². The quantitative estimate of drug-likeness (QED) is 0.527. The molecule has 0 aromatic carbocycles. The molecule has 1 N–H and O–H groups in total. The first-order valence-corrected chi connectivity index (χ1v) is 7.86. The molecule has 21 heavy (non-hydrogen) atoms. The van der Waals surface area contributed by atoms with E-state index in [1.807, 2.05) is 0 Å². The molecule has 0 aliphatic heterocycles. The van der Waals surface area contributed by atoms with Crippen LogP contribution in [0.5, 0.6) is 0 Å². The van der Waals surface area contributed by atoms with Crippen molar-refractivity contribution in [2.24, 2.45) is 5.92 Å². The summed E-state index contributed by atoms with van der Waals surface area (Å²) in [5.74, 6) is 0.513. The summed E-state index contributed by atoms with van der Waals surface area (Å²) in [6.07, 6.45) is 3.20. The molecular formula is C16H29N3O2. The fourth-order valence-electron chi connectivity index (χ4n) is 1.93. The van der Waals surface area contributed by atoms with Crippen molar-refractivity contribution in [3.8, 4) is 12.1 Å². The molecule has 2 atom stereocenters. The summed E-state index contributed by atoms with van der Waals surface area (Å²) >= 11 is 0. The SMILES string of the molecule is CCC(C)COCC(O)CN(CCCC#N)CCCC#N. The number of rotatable bonds is 13. The molecule has 5 heteroatoms. The van der Waals surface area contributed by atoms with Gasteiger partial charge in [0, 0.05) is 26.0 Å². The fraction of sp³-hybridized carbons (Fsp3) is 0.875. The molecular weight excluding hydrogens is 266 g/mol. The second kappa shape index (κ2) is 13.8. The molecule has 2 unspecified atom stereocenters. The van der Waals surface area contributed by atoms with Crippen molar-refractivity contribution in [2.75, 3.05) is 32.8 Å². The van der Waals surface area contributed by atoms with E-state index in [2.05, 4.69) is 30.9 Å². The van der Waals surface area contributed by atoms with E-state index >= 15 is 0 Å². The molecule has 0 aliphatic carbocycles. The maximum Gasteiger partial charge on any atom is 0.0900 e. The molecule has 0 aromatic rings. The lowest BCUT2D eigenvalue weighted by molar-refractivity contribution is 0.00585. The molecule has 0 aliphatic rings. The van der Waals surface area contributed by atoms with E-state index in [4.69, 9.17) is 15.3 Å². The van der Waals surface area contributed by atoms with Crippen LogP contribution in [0, 0.1) is 28.6 Å². The van der Waals surface area contributed by atoms with Gasteiger partial charge in [0.05, 0.1) is 24.8 Å². The topological polar surface area (TPSA) is 80.3 Å². The van der Waals surface area contributed by atoms with Gasteiger partial charge in [0.15, 0.2) is 0 Å². The van der Waals surface area contributed by atoms with E-state index in [1.165, 1.54) is 0 Å². The van der Waals surface area contributed by atoms with Crippen LogP contribution in [-0.2, 0) is 4.74 Å². The Morgan fingerprint density at radius 1 is 1.10 bits per heavy atom. The van der Waals surface area contributed by atoms with E-state index in [9.17, 15) is 5.11 Å². The zero-order valence-electron chi connectivity index (χ0n) is 13.4. The van der Waals surface area contributed by atoms with Gasteiger partial charge in [0.1, 0.15) is 0 Å². The summed E-state index contributed by atoms with van der Waals surface area (Å²) in [5, 5.41) is 27.2. The second-order valence-corrected chi connectivity index (χ2v) is 5.53. The Kier molecular flexibility index (Phi) is 13.1. The fourth-order valence-corrected chi connectivity index (χ4v) is 1.93. The molecule has 120 valence electrons. The first-order chi connectivity index (χ1) is 10.1. The smallest absolute Gasteiger partial charge is 0.0900 e. The van der Waals surface area contributed by atoms with Gasteiger partial charge in [-0.25, -0.2) is 0 Å². The van der Waals surface area contributed by atoms with Gasteiger partial charge >= 0.3 is 0 Å². The molecule has 0 heterocycles. The standard InChI is InChI=1S/C16H29N3O2/c1-3-15(2)13-21-14-16(20)12-19(10-6-4-8-17)11-7-5-9-18/h15-16,20H,3-7,10-14H2,1-2H3. The van der Waals surface area contributed by atoms with Crippen molar-refractivity contribution in [2.45, 2.75) is 52.1 Å². The lowest BCUT2D eigenvalue weighted by Crippen LogP contribution is -2.36. The summed E-state index contributed by atoms with van der Waals surface area (Å²) < 4.78 is 5.52. The number of hydrogen-bond acceptors (Lipinski definition) is 5. The normalized spacial score (nSPS) is 13.6. The third kappa shape index (κ3) is 12.3. The van der Waals surface area contributed by atoms with Gasteiger partial charge < -0.3 is 14.7 Å². The summed E-state index contributed by atoms with van der Waals surface area (Å²) in [6.45, 7) is 7.37. The van der Waals surface area contributed by atoms with E-state index in [-0.39, 0.29) is 0 Å². The van der Waals surface area contributed by atoms with Crippen LogP contribution in [0.1, 0.15) is 46.0 Å². The Morgan fingerprint density at radius 2 is 1.67 bits per heavy atom. The number of aliphatic hydroxyl groups is 1. The molecule has 0 aromatic heterocycles. The van der Waals surface area contributed by atoms with E-state index in [0.717, 1.165) is 32.4 Å². The van der Waals surface area contributed by atoms with Crippen LogP contribution in [0.3, 0.4) is 0 Å². The maximum absolute atomic E-state index is 10.0. The summed E-state index contributed by atoms with van der Waals surface area (Å²) in [7, 11) is 0. The van der Waals surface area contributed by atoms with Crippen LogP contribution in [0.15, 0.2) is 0 Å².